The molecule has 6 heteroatoms. The molecule has 1 atom stereocenters. The predicted molar refractivity (Wildman–Crippen MR) is 83.5 cm³/mol. The SMILES string of the molecule is Cc1cc(NC(C)C(=O)NCC(C)C)cc(C(=O)O)c1N. The second-order valence-corrected chi connectivity index (χ2v) is 5.56. The summed E-state index contributed by atoms with van der Waals surface area (Å²) in [7, 11) is 0. The third kappa shape index (κ3) is 4.66. The van der Waals surface area contributed by atoms with Crippen molar-refractivity contribution in [1.82, 2.24) is 5.32 Å². The number of carboxylic acids is 1. The largest absolute Gasteiger partial charge is 0.478 e. The lowest BCUT2D eigenvalue weighted by Crippen LogP contribution is -2.39. The quantitative estimate of drug-likeness (QED) is 0.599. The number of aryl methyl sites for hydroxylation is 1. The first-order chi connectivity index (χ1) is 9.72. The molecule has 21 heavy (non-hydrogen) atoms. The van der Waals surface area contributed by atoms with Gasteiger partial charge in [0, 0.05) is 17.9 Å². The van der Waals surface area contributed by atoms with Crippen molar-refractivity contribution < 1.29 is 14.7 Å². The van der Waals surface area contributed by atoms with Gasteiger partial charge in [0.25, 0.3) is 0 Å². The molecular weight excluding hydrogens is 270 g/mol. The molecule has 0 radical (unpaired) electrons. The topological polar surface area (TPSA) is 104 Å². The Bertz CT molecular complexity index is 541. The zero-order valence-corrected chi connectivity index (χ0v) is 12.9. The van der Waals surface area contributed by atoms with Crippen LogP contribution in [0.2, 0.25) is 0 Å². The Balaban J connectivity index is 2.83. The van der Waals surface area contributed by atoms with Crippen molar-refractivity contribution in [2.24, 2.45) is 5.92 Å². The van der Waals surface area contributed by atoms with Gasteiger partial charge in [-0.25, -0.2) is 4.79 Å². The van der Waals surface area contributed by atoms with Crippen molar-refractivity contribution in [3.8, 4) is 0 Å². The van der Waals surface area contributed by atoms with Gasteiger partial charge in [0.1, 0.15) is 6.04 Å². The molecule has 1 rings (SSSR count). The number of nitrogen functional groups attached to an aromatic ring is 1. The third-order valence-electron chi connectivity index (χ3n) is 3.08. The van der Waals surface area contributed by atoms with Crippen LogP contribution in [0.15, 0.2) is 12.1 Å². The summed E-state index contributed by atoms with van der Waals surface area (Å²) in [5, 5.41) is 14.9. The lowest BCUT2D eigenvalue weighted by Gasteiger charge is -2.17. The van der Waals surface area contributed by atoms with E-state index in [0.29, 0.717) is 23.7 Å². The molecule has 1 amide bonds. The fourth-order valence-corrected chi connectivity index (χ4v) is 1.83. The Labute approximate surface area is 124 Å². The predicted octanol–water partition coefficient (Wildman–Crippen LogP) is 1.85. The van der Waals surface area contributed by atoms with Crippen molar-refractivity contribution in [3.05, 3.63) is 23.3 Å². The van der Waals surface area contributed by atoms with Gasteiger partial charge in [-0.2, -0.15) is 0 Å². The van der Waals surface area contributed by atoms with E-state index in [2.05, 4.69) is 10.6 Å². The molecule has 0 spiro atoms. The molecule has 0 saturated carbocycles. The number of carbonyl (C=O) groups excluding carboxylic acids is 1. The summed E-state index contributed by atoms with van der Waals surface area (Å²) in [5.41, 5.74) is 7.23. The fraction of sp³-hybridized carbons (Fsp3) is 0.467. The molecule has 0 aliphatic rings. The maximum absolute atomic E-state index is 11.9. The van der Waals surface area contributed by atoms with Crippen LogP contribution in [-0.2, 0) is 4.79 Å². The van der Waals surface area contributed by atoms with Crippen LogP contribution in [0, 0.1) is 12.8 Å². The van der Waals surface area contributed by atoms with Crippen molar-refractivity contribution in [1.29, 1.82) is 0 Å². The fourth-order valence-electron chi connectivity index (χ4n) is 1.83. The van der Waals surface area contributed by atoms with E-state index in [1.54, 1.807) is 19.9 Å². The molecule has 5 N–H and O–H groups in total. The Morgan fingerprint density at radius 1 is 1.29 bits per heavy atom. The van der Waals surface area contributed by atoms with Crippen LogP contribution >= 0.6 is 0 Å². The average Bonchev–Trinajstić information content (AvgIpc) is 2.39. The van der Waals surface area contributed by atoms with Gasteiger partial charge in [-0.15, -0.1) is 0 Å². The van der Waals surface area contributed by atoms with Crippen LogP contribution < -0.4 is 16.4 Å². The Morgan fingerprint density at radius 2 is 1.90 bits per heavy atom. The molecule has 0 saturated heterocycles. The molecule has 6 nitrogen and oxygen atoms in total. The van der Waals surface area contributed by atoms with E-state index >= 15 is 0 Å². The Hall–Kier alpha value is -2.24. The molecule has 0 aliphatic carbocycles. The highest BCUT2D eigenvalue weighted by Gasteiger charge is 2.16. The number of hydrogen-bond donors (Lipinski definition) is 4. The van der Waals surface area contributed by atoms with Gasteiger partial charge in [0.05, 0.1) is 5.56 Å². The van der Waals surface area contributed by atoms with Crippen LogP contribution in [0.1, 0.15) is 36.7 Å². The van der Waals surface area contributed by atoms with Crippen LogP contribution in [0.4, 0.5) is 11.4 Å². The number of amides is 1. The summed E-state index contributed by atoms with van der Waals surface area (Å²) in [5.74, 6) is -0.843. The third-order valence-corrected chi connectivity index (χ3v) is 3.08. The molecule has 0 aliphatic heterocycles. The van der Waals surface area contributed by atoms with E-state index in [9.17, 15) is 9.59 Å². The van der Waals surface area contributed by atoms with E-state index in [4.69, 9.17) is 10.8 Å². The highest BCUT2D eigenvalue weighted by atomic mass is 16.4. The molecule has 1 aromatic rings. The summed E-state index contributed by atoms with van der Waals surface area (Å²) in [6, 6.07) is 2.71. The van der Waals surface area contributed by atoms with Gasteiger partial charge in [-0.05, 0) is 37.5 Å². The van der Waals surface area contributed by atoms with E-state index < -0.39 is 12.0 Å². The first-order valence-electron chi connectivity index (χ1n) is 6.90. The van der Waals surface area contributed by atoms with E-state index in [0.717, 1.165) is 0 Å². The van der Waals surface area contributed by atoms with Crippen LogP contribution in [-0.4, -0.2) is 29.6 Å². The molecule has 1 aromatic carbocycles. The van der Waals surface area contributed by atoms with Crippen molar-refractivity contribution in [3.63, 3.8) is 0 Å². The molecule has 0 bridgehead atoms. The van der Waals surface area contributed by atoms with Crippen molar-refractivity contribution in [2.45, 2.75) is 33.7 Å². The number of hydrogen-bond acceptors (Lipinski definition) is 4. The standard InChI is InChI=1S/C15H23N3O3/c1-8(2)7-17-14(19)10(4)18-11-5-9(3)13(16)12(6-11)15(20)21/h5-6,8,10,18H,7,16H2,1-4H3,(H,17,19)(H,20,21). The summed E-state index contributed by atoms with van der Waals surface area (Å²) in [6.07, 6.45) is 0. The Morgan fingerprint density at radius 3 is 2.43 bits per heavy atom. The highest BCUT2D eigenvalue weighted by Crippen LogP contribution is 2.23. The first kappa shape index (κ1) is 16.8. The second-order valence-electron chi connectivity index (χ2n) is 5.56. The maximum atomic E-state index is 11.9. The zero-order valence-electron chi connectivity index (χ0n) is 12.9. The van der Waals surface area contributed by atoms with Crippen molar-refractivity contribution >= 4 is 23.3 Å². The van der Waals surface area contributed by atoms with Crippen LogP contribution in [0.25, 0.3) is 0 Å². The summed E-state index contributed by atoms with van der Waals surface area (Å²) in [6.45, 7) is 8.09. The summed E-state index contributed by atoms with van der Waals surface area (Å²) >= 11 is 0. The normalized spacial score (nSPS) is 12.0. The minimum atomic E-state index is -1.09. The lowest BCUT2D eigenvalue weighted by molar-refractivity contribution is -0.121. The maximum Gasteiger partial charge on any atom is 0.337 e. The van der Waals surface area contributed by atoms with Crippen LogP contribution in [0.5, 0.6) is 0 Å². The minimum absolute atomic E-state index is 0.0345. The smallest absolute Gasteiger partial charge is 0.337 e. The van der Waals surface area contributed by atoms with E-state index in [1.165, 1.54) is 6.07 Å². The minimum Gasteiger partial charge on any atom is -0.478 e. The molecule has 0 fully saturated rings. The summed E-state index contributed by atoms with van der Waals surface area (Å²) in [4.78, 5) is 23.0. The second kappa shape index (κ2) is 6.97. The van der Waals surface area contributed by atoms with E-state index in [1.807, 2.05) is 13.8 Å². The number of aromatic carboxylic acids is 1. The molecule has 1 unspecified atom stereocenters. The summed E-state index contributed by atoms with van der Waals surface area (Å²) < 4.78 is 0. The zero-order chi connectivity index (χ0) is 16.2. The monoisotopic (exact) mass is 293 g/mol. The molecule has 0 aromatic heterocycles. The Kier molecular flexibility index (Phi) is 5.58. The first-order valence-corrected chi connectivity index (χ1v) is 6.90. The van der Waals surface area contributed by atoms with Gasteiger partial charge in [0.15, 0.2) is 0 Å². The van der Waals surface area contributed by atoms with Crippen molar-refractivity contribution in [2.75, 3.05) is 17.6 Å². The number of rotatable bonds is 6. The number of nitrogens with one attached hydrogen (secondary N) is 2. The number of carboxylic acid groups (broad SMARTS) is 1. The van der Waals surface area contributed by atoms with Gasteiger partial charge < -0.3 is 21.5 Å². The highest BCUT2D eigenvalue weighted by molar-refractivity contribution is 5.96. The molecule has 0 heterocycles. The van der Waals surface area contributed by atoms with Gasteiger partial charge in [0.2, 0.25) is 5.91 Å². The van der Waals surface area contributed by atoms with Gasteiger partial charge >= 0.3 is 5.97 Å². The number of carbonyl (C=O) groups is 2. The number of benzene rings is 1. The lowest BCUT2D eigenvalue weighted by atomic mass is 10.1. The molecular formula is C15H23N3O3. The van der Waals surface area contributed by atoms with Crippen LogP contribution in [0.3, 0.4) is 0 Å². The number of anilines is 2. The molecule has 116 valence electrons. The van der Waals surface area contributed by atoms with Gasteiger partial charge in [-0.3, -0.25) is 4.79 Å². The average molecular weight is 293 g/mol. The van der Waals surface area contributed by atoms with Gasteiger partial charge in [-0.1, -0.05) is 13.8 Å². The number of nitrogens with two attached hydrogens (primary N) is 1. The van der Waals surface area contributed by atoms with E-state index in [-0.39, 0.29) is 17.2 Å².